The predicted molar refractivity (Wildman–Crippen MR) is 160 cm³/mol. The van der Waals surface area contributed by atoms with E-state index in [1.165, 1.54) is 62.9 Å². The zero-order chi connectivity index (χ0) is 26.5. The van der Waals surface area contributed by atoms with Crippen LogP contribution in [0, 0.1) is 0 Å². The highest BCUT2D eigenvalue weighted by molar-refractivity contribution is 6.74. The van der Waals surface area contributed by atoms with Gasteiger partial charge in [-0.15, -0.1) is 0 Å². The van der Waals surface area contributed by atoms with Gasteiger partial charge in [0.1, 0.15) is 0 Å². The first kappa shape index (κ1) is 28.0. The lowest BCUT2D eigenvalue weighted by Crippen LogP contribution is -2.40. The van der Waals surface area contributed by atoms with Crippen molar-refractivity contribution in [2.45, 2.75) is 155 Å². The molecule has 0 saturated carbocycles. The van der Waals surface area contributed by atoms with Crippen molar-refractivity contribution in [2.75, 3.05) is 0 Å². The molecule has 0 saturated heterocycles. The smallest absolute Gasteiger partial charge is 0.250 e. The summed E-state index contributed by atoms with van der Waals surface area (Å²) in [6.45, 7) is 23.9. The minimum atomic E-state index is -1.86. The van der Waals surface area contributed by atoms with Crippen LogP contribution < -0.4 is 0 Å². The summed E-state index contributed by atoms with van der Waals surface area (Å²) in [6, 6.07) is 0. The summed E-state index contributed by atoms with van der Waals surface area (Å²) in [4.78, 5) is 0. The van der Waals surface area contributed by atoms with Crippen molar-refractivity contribution in [2.24, 2.45) is 0 Å². The Morgan fingerprint density at radius 2 is 0.889 bits per heavy atom. The first-order valence-electron chi connectivity index (χ1n) is 14.9. The monoisotopic (exact) mass is 526 g/mol. The van der Waals surface area contributed by atoms with Crippen molar-refractivity contribution < 1.29 is 8.85 Å². The first-order chi connectivity index (χ1) is 16.6. The average molecular weight is 527 g/mol. The molecule has 0 heterocycles. The van der Waals surface area contributed by atoms with Gasteiger partial charge in [0.15, 0.2) is 0 Å². The Morgan fingerprint density at radius 3 is 1.22 bits per heavy atom. The normalized spacial score (nSPS) is 21.9. The molecule has 0 atom stereocenters. The molecule has 4 heteroatoms. The summed E-state index contributed by atoms with van der Waals surface area (Å²) >= 11 is 0. The molecule has 0 aromatic rings. The topological polar surface area (TPSA) is 18.5 Å². The van der Waals surface area contributed by atoms with Gasteiger partial charge in [-0.2, -0.15) is 0 Å². The number of hydrogen-bond acceptors (Lipinski definition) is 2. The fourth-order valence-corrected chi connectivity index (χ4v) is 8.18. The summed E-state index contributed by atoms with van der Waals surface area (Å²) in [6.07, 6.45) is 14.9. The summed E-state index contributed by atoms with van der Waals surface area (Å²) in [7, 11) is -3.71. The van der Waals surface area contributed by atoms with Gasteiger partial charge >= 0.3 is 0 Å². The molecule has 0 aliphatic heterocycles. The maximum Gasteiger partial charge on any atom is 0.250 e. The van der Waals surface area contributed by atoms with Crippen LogP contribution in [-0.2, 0) is 8.85 Å². The molecule has 0 spiro atoms. The zero-order valence-electron chi connectivity index (χ0n) is 25.3. The van der Waals surface area contributed by atoms with Crippen molar-refractivity contribution in [3.05, 3.63) is 45.0 Å². The highest BCUT2D eigenvalue weighted by Crippen LogP contribution is 2.50. The fraction of sp³-hybridized carbons (Fsp3) is 0.750. The molecule has 0 bridgehead atoms. The summed E-state index contributed by atoms with van der Waals surface area (Å²) < 4.78 is 14.1. The van der Waals surface area contributed by atoms with Crippen LogP contribution in [0.3, 0.4) is 0 Å². The second-order valence-electron chi connectivity index (χ2n) is 15.0. The predicted octanol–water partition coefficient (Wildman–Crippen LogP) is 10.9. The van der Waals surface area contributed by atoms with Gasteiger partial charge < -0.3 is 8.85 Å². The van der Waals surface area contributed by atoms with Crippen LogP contribution in [0.2, 0.25) is 36.3 Å². The molecule has 0 N–H and O–H groups in total. The van der Waals surface area contributed by atoms with Crippen LogP contribution >= 0.6 is 0 Å². The molecular weight excluding hydrogens is 473 g/mol. The van der Waals surface area contributed by atoms with Crippen molar-refractivity contribution in [1.82, 2.24) is 0 Å². The van der Waals surface area contributed by atoms with Crippen LogP contribution in [0.1, 0.15) is 119 Å². The average Bonchev–Trinajstić information content (AvgIpc) is 3.27. The van der Waals surface area contributed by atoms with Gasteiger partial charge in [-0.05, 0) is 123 Å². The van der Waals surface area contributed by atoms with Crippen LogP contribution in [0.15, 0.2) is 45.0 Å². The maximum atomic E-state index is 7.07. The van der Waals surface area contributed by atoms with E-state index in [9.17, 15) is 0 Å². The third-order valence-corrected chi connectivity index (χ3v) is 19.0. The van der Waals surface area contributed by atoms with Crippen molar-refractivity contribution >= 4 is 16.6 Å². The lowest BCUT2D eigenvalue weighted by molar-refractivity contribution is 0.368. The molecule has 4 rings (SSSR count). The van der Waals surface area contributed by atoms with E-state index in [0.29, 0.717) is 0 Å². The van der Waals surface area contributed by atoms with Crippen molar-refractivity contribution in [3.8, 4) is 0 Å². The van der Waals surface area contributed by atoms with E-state index in [0.717, 1.165) is 25.7 Å². The highest BCUT2D eigenvalue weighted by atomic mass is 28.4. The second-order valence-corrected chi connectivity index (χ2v) is 24.4. The van der Waals surface area contributed by atoms with Crippen molar-refractivity contribution in [1.29, 1.82) is 0 Å². The lowest BCUT2D eigenvalue weighted by atomic mass is 9.86. The van der Waals surface area contributed by atoms with E-state index < -0.39 is 16.6 Å². The van der Waals surface area contributed by atoms with E-state index in [1.807, 2.05) is 0 Å². The zero-order valence-corrected chi connectivity index (χ0v) is 27.3. The van der Waals surface area contributed by atoms with Gasteiger partial charge in [-0.1, -0.05) is 52.7 Å². The maximum absolute atomic E-state index is 7.07. The molecule has 0 fully saturated rings. The number of hydrogen-bond donors (Lipinski definition) is 0. The van der Waals surface area contributed by atoms with Crippen LogP contribution in [0.4, 0.5) is 0 Å². The fourth-order valence-electron chi connectivity index (χ4n) is 5.94. The standard InChI is InChI=1S/C32H54O2Si2/c1-31(2,3)35(7,8)33-29-21-23-15-11-13-17-25(23)27(29)19-20-28-26-18-14-12-16-24(26)22-30(28)34-36(9,10)32(4,5)6/h11-22H2,1-10H3. The molecule has 0 radical (unpaired) electrons. The Labute approximate surface area is 225 Å². The van der Waals surface area contributed by atoms with E-state index >= 15 is 0 Å². The van der Waals surface area contributed by atoms with Gasteiger partial charge in [0, 0.05) is 12.8 Å². The minimum absolute atomic E-state index is 0.230. The third kappa shape index (κ3) is 5.55. The molecule has 0 aromatic heterocycles. The molecule has 202 valence electrons. The van der Waals surface area contributed by atoms with E-state index in [4.69, 9.17) is 8.85 Å². The van der Waals surface area contributed by atoms with E-state index in [1.54, 1.807) is 33.4 Å². The Morgan fingerprint density at radius 1 is 0.556 bits per heavy atom. The Bertz CT molecular complexity index is 924. The quantitative estimate of drug-likeness (QED) is 0.307. The molecule has 4 aliphatic carbocycles. The summed E-state index contributed by atoms with van der Waals surface area (Å²) in [5, 5.41) is 0.461. The Kier molecular flexibility index (Phi) is 7.74. The molecule has 4 aliphatic rings. The Hall–Kier alpha value is -1.01. The second kappa shape index (κ2) is 9.95. The summed E-state index contributed by atoms with van der Waals surface area (Å²) in [5.41, 5.74) is 9.91. The van der Waals surface area contributed by atoms with Gasteiger partial charge in [-0.3, -0.25) is 0 Å². The lowest BCUT2D eigenvalue weighted by Gasteiger charge is -2.38. The van der Waals surface area contributed by atoms with Crippen molar-refractivity contribution in [3.63, 3.8) is 0 Å². The largest absolute Gasteiger partial charge is 0.546 e. The van der Waals surface area contributed by atoms with Gasteiger partial charge in [0.25, 0.3) is 0 Å². The third-order valence-electron chi connectivity index (χ3n) is 10.3. The van der Waals surface area contributed by atoms with Crippen LogP contribution in [0.5, 0.6) is 0 Å². The SMILES string of the molecule is CC(C)(C)[Si](C)(C)OC1=C(CCC2=C(O[Si](C)(C)C(C)(C)C)CC3=C2CCCC3)C2=C(CCCC2)C1. The van der Waals surface area contributed by atoms with E-state index in [2.05, 4.69) is 67.7 Å². The van der Waals surface area contributed by atoms with Gasteiger partial charge in [0.05, 0.1) is 11.5 Å². The van der Waals surface area contributed by atoms with Gasteiger partial charge in [0.2, 0.25) is 16.6 Å². The number of allylic oxidation sites excluding steroid dienone is 6. The van der Waals surface area contributed by atoms with Gasteiger partial charge in [-0.25, -0.2) is 0 Å². The molecular formula is C32H54O2Si2. The highest BCUT2D eigenvalue weighted by Gasteiger charge is 2.43. The number of rotatable bonds is 7. The molecule has 0 aromatic carbocycles. The molecule has 0 amide bonds. The summed E-state index contributed by atoms with van der Waals surface area (Å²) in [5.74, 6) is 2.69. The molecule has 36 heavy (non-hydrogen) atoms. The molecule has 2 nitrogen and oxygen atoms in total. The van der Waals surface area contributed by atoms with Crippen LogP contribution in [-0.4, -0.2) is 16.6 Å². The van der Waals surface area contributed by atoms with E-state index in [-0.39, 0.29) is 10.1 Å². The minimum Gasteiger partial charge on any atom is -0.546 e. The Balaban J connectivity index is 1.65. The molecule has 0 unspecified atom stereocenters. The first-order valence-corrected chi connectivity index (χ1v) is 20.7. The van der Waals surface area contributed by atoms with Crippen LogP contribution in [0.25, 0.3) is 0 Å².